The quantitative estimate of drug-likeness (QED) is 0.196. The van der Waals surface area contributed by atoms with Gasteiger partial charge in [-0.1, -0.05) is 91.9 Å². The maximum Gasteiger partial charge on any atom is 0.315 e. The van der Waals surface area contributed by atoms with E-state index in [0.29, 0.717) is 13.1 Å². The molecule has 0 unspecified atom stereocenters. The van der Waals surface area contributed by atoms with Crippen LogP contribution >= 0.6 is 0 Å². The summed E-state index contributed by atoms with van der Waals surface area (Å²) < 4.78 is 13.3. The topological polar surface area (TPSA) is 83.1 Å². The minimum Gasteiger partial charge on any atom is -0.392 e. The first kappa shape index (κ1) is 30.7. The second kappa shape index (κ2) is 14.1. The lowest BCUT2D eigenvalue weighted by Gasteiger charge is -2.43. The average molecular weight is 582 g/mol. The highest BCUT2D eigenvalue weighted by Crippen LogP contribution is 2.42. The zero-order chi connectivity index (χ0) is 30.3. The van der Waals surface area contributed by atoms with Crippen LogP contribution in [0.3, 0.4) is 0 Å². The first-order valence-electron chi connectivity index (χ1n) is 15.2. The highest BCUT2D eigenvalue weighted by atomic mass is 16.7. The monoisotopic (exact) mass is 581 g/mol. The first-order valence-corrected chi connectivity index (χ1v) is 15.2. The van der Waals surface area contributed by atoms with Crippen molar-refractivity contribution in [2.24, 2.45) is 5.92 Å². The fourth-order valence-corrected chi connectivity index (χ4v) is 5.69. The number of amides is 2. The molecule has 5 atom stereocenters. The summed E-state index contributed by atoms with van der Waals surface area (Å²) >= 11 is 0. The molecule has 5 rings (SSSR count). The minimum atomic E-state index is -0.543. The van der Waals surface area contributed by atoms with Gasteiger partial charge in [-0.15, -0.1) is 0 Å². The third kappa shape index (κ3) is 7.43. The molecule has 4 aromatic carbocycles. The van der Waals surface area contributed by atoms with E-state index in [1.807, 2.05) is 55.5 Å². The zero-order valence-corrected chi connectivity index (χ0v) is 25.5. The van der Waals surface area contributed by atoms with Crippen LogP contribution in [0.1, 0.15) is 67.0 Å². The van der Waals surface area contributed by atoms with Gasteiger partial charge < -0.3 is 25.2 Å². The number of rotatable bonds is 10. The van der Waals surface area contributed by atoms with Crippen LogP contribution in [0.15, 0.2) is 91.0 Å². The molecule has 1 aliphatic heterocycles. The molecule has 7 heteroatoms. The molecule has 226 valence electrons. The number of fused-ring (bicyclic) bond motifs is 1. The van der Waals surface area contributed by atoms with Crippen LogP contribution in [-0.4, -0.2) is 42.3 Å². The lowest BCUT2D eigenvalue weighted by molar-refractivity contribution is -0.276. The van der Waals surface area contributed by atoms with Crippen LogP contribution in [0.4, 0.5) is 4.79 Å². The second-order valence-corrected chi connectivity index (χ2v) is 11.5. The SMILES string of the molecule is CCNC(=O)NCc1ccc([C@H]2O[C@@H](CN(C)[C@H](C)c3ccc4ccccc4c3)[C@@H](C)[C@@H](c3ccc(CO)cc3)O2)cc1. The standard InChI is InChI=1S/C36H43N3O4/c1-5-37-36(41)38-21-26-10-16-30(17-11-26)35-42-33(24(2)34(43-35)29-14-12-27(23-40)13-15-29)22-39(4)25(3)31-19-18-28-8-6-7-9-32(28)20-31/h6-20,24-25,33-35,40H,5,21-23H2,1-4H3,(H2,37,38,41)/t24-,25-,33+,34+,35+/m1/s1. The number of hydrogen-bond donors (Lipinski definition) is 3. The third-order valence-corrected chi connectivity index (χ3v) is 8.55. The summed E-state index contributed by atoms with van der Waals surface area (Å²) in [4.78, 5) is 14.2. The summed E-state index contributed by atoms with van der Waals surface area (Å²) in [6.07, 6.45) is -0.813. The Morgan fingerprint density at radius 2 is 1.56 bits per heavy atom. The summed E-state index contributed by atoms with van der Waals surface area (Å²) in [5, 5.41) is 17.7. The normalized spacial score (nSPS) is 21.1. The molecule has 1 heterocycles. The van der Waals surface area contributed by atoms with E-state index < -0.39 is 6.29 Å². The molecule has 0 radical (unpaired) electrons. The van der Waals surface area contributed by atoms with Crippen LogP contribution in [-0.2, 0) is 22.6 Å². The van der Waals surface area contributed by atoms with E-state index in [1.54, 1.807) is 0 Å². The molecule has 2 amide bonds. The van der Waals surface area contributed by atoms with Gasteiger partial charge in [0, 0.05) is 37.2 Å². The average Bonchev–Trinajstić information content (AvgIpc) is 3.04. The molecular weight excluding hydrogens is 538 g/mol. The van der Waals surface area contributed by atoms with Crippen molar-refractivity contribution < 1.29 is 19.4 Å². The van der Waals surface area contributed by atoms with Gasteiger partial charge in [-0.25, -0.2) is 4.79 Å². The van der Waals surface area contributed by atoms with Crippen molar-refractivity contribution in [3.63, 3.8) is 0 Å². The van der Waals surface area contributed by atoms with Gasteiger partial charge in [0.2, 0.25) is 0 Å². The number of benzene rings is 4. The Balaban J connectivity index is 1.35. The number of ether oxygens (including phenoxy) is 2. The molecular formula is C36H43N3O4. The van der Waals surface area contributed by atoms with Crippen molar-refractivity contribution in [1.82, 2.24) is 15.5 Å². The van der Waals surface area contributed by atoms with Crippen molar-refractivity contribution >= 4 is 16.8 Å². The van der Waals surface area contributed by atoms with Crippen LogP contribution < -0.4 is 10.6 Å². The van der Waals surface area contributed by atoms with E-state index in [0.717, 1.165) is 28.8 Å². The Kier molecular flexibility index (Phi) is 10.1. The Morgan fingerprint density at radius 3 is 2.26 bits per heavy atom. The Labute approximate surface area is 254 Å². The highest BCUT2D eigenvalue weighted by Gasteiger charge is 2.39. The number of carbonyl (C=O) groups excluding carboxylic acids is 1. The maximum absolute atomic E-state index is 11.8. The van der Waals surface area contributed by atoms with Crippen LogP contribution in [0, 0.1) is 5.92 Å². The summed E-state index contributed by atoms with van der Waals surface area (Å²) in [7, 11) is 2.15. The Hall–Kier alpha value is -3.75. The van der Waals surface area contributed by atoms with Crippen molar-refractivity contribution in [3.8, 4) is 0 Å². The smallest absolute Gasteiger partial charge is 0.315 e. The number of aliphatic hydroxyl groups excluding tert-OH is 1. The predicted molar refractivity (Wildman–Crippen MR) is 170 cm³/mol. The molecule has 4 aromatic rings. The first-order chi connectivity index (χ1) is 20.9. The van der Waals surface area contributed by atoms with Gasteiger partial charge in [0.15, 0.2) is 6.29 Å². The summed E-state index contributed by atoms with van der Waals surface area (Å²) in [6.45, 7) is 8.09. The van der Waals surface area contributed by atoms with E-state index in [1.165, 1.54) is 16.3 Å². The molecule has 7 nitrogen and oxygen atoms in total. The summed E-state index contributed by atoms with van der Waals surface area (Å²) in [6, 6.07) is 31.2. The van der Waals surface area contributed by atoms with E-state index in [9.17, 15) is 9.90 Å². The minimum absolute atomic E-state index is 0.00842. The number of nitrogens with zero attached hydrogens (tertiary/aromatic N) is 1. The second-order valence-electron chi connectivity index (χ2n) is 11.5. The zero-order valence-electron chi connectivity index (χ0n) is 25.5. The number of hydrogen-bond acceptors (Lipinski definition) is 5. The molecule has 0 aliphatic carbocycles. The summed E-state index contributed by atoms with van der Waals surface area (Å²) in [5.74, 6) is 0.0861. The predicted octanol–water partition coefficient (Wildman–Crippen LogP) is 6.64. The summed E-state index contributed by atoms with van der Waals surface area (Å²) in [5.41, 5.74) is 5.13. The molecule has 43 heavy (non-hydrogen) atoms. The Bertz CT molecular complexity index is 1490. The number of likely N-dealkylation sites (N-methyl/N-ethyl adjacent to an activating group) is 1. The number of nitrogens with one attached hydrogen (secondary N) is 2. The van der Waals surface area contributed by atoms with Gasteiger partial charge in [0.05, 0.1) is 18.8 Å². The number of aliphatic hydroxyl groups is 1. The van der Waals surface area contributed by atoms with Gasteiger partial charge in [-0.2, -0.15) is 0 Å². The van der Waals surface area contributed by atoms with E-state index in [2.05, 4.69) is 78.9 Å². The highest BCUT2D eigenvalue weighted by molar-refractivity contribution is 5.83. The maximum atomic E-state index is 11.8. The molecule has 0 spiro atoms. The Morgan fingerprint density at radius 1 is 0.884 bits per heavy atom. The number of urea groups is 1. The van der Waals surface area contributed by atoms with Crippen LogP contribution in [0.2, 0.25) is 0 Å². The largest absolute Gasteiger partial charge is 0.392 e. The van der Waals surface area contributed by atoms with Crippen molar-refractivity contribution in [2.75, 3.05) is 20.1 Å². The fourth-order valence-electron chi connectivity index (χ4n) is 5.69. The van der Waals surface area contributed by atoms with Crippen LogP contribution in [0.25, 0.3) is 10.8 Å². The van der Waals surface area contributed by atoms with Crippen molar-refractivity contribution in [1.29, 1.82) is 0 Å². The van der Waals surface area contributed by atoms with Gasteiger partial charge in [0.1, 0.15) is 0 Å². The van der Waals surface area contributed by atoms with E-state index in [4.69, 9.17) is 9.47 Å². The van der Waals surface area contributed by atoms with Gasteiger partial charge in [-0.05, 0) is 60.0 Å². The van der Waals surface area contributed by atoms with Crippen LogP contribution in [0.5, 0.6) is 0 Å². The number of carbonyl (C=O) groups is 1. The lowest BCUT2D eigenvalue weighted by atomic mass is 9.89. The molecule has 1 saturated heterocycles. The molecule has 0 aromatic heterocycles. The lowest BCUT2D eigenvalue weighted by Crippen LogP contribution is -2.44. The van der Waals surface area contributed by atoms with Gasteiger partial charge >= 0.3 is 6.03 Å². The third-order valence-electron chi connectivity index (χ3n) is 8.55. The van der Waals surface area contributed by atoms with Gasteiger partial charge in [-0.3, -0.25) is 4.90 Å². The van der Waals surface area contributed by atoms with Gasteiger partial charge in [0.25, 0.3) is 0 Å². The van der Waals surface area contributed by atoms with Crippen molar-refractivity contribution in [3.05, 3.63) is 119 Å². The van der Waals surface area contributed by atoms with E-state index >= 15 is 0 Å². The molecule has 3 N–H and O–H groups in total. The fraction of sp³-hybridized carbons (Fsp3) is 0.361. The molecule has 0 bridgehead atoms. The van der Waals surface area contributed by atoms with Crippen molar-refractivity contribution in [2.45, 2.75) is 58.5 Å². The molecule has 1 aliphatic rings. The molecule has 1 fully saturated rings. The molecule has 0 saturated carbocycles. The van der Waals surface area contributed by atoms with E-state index in [-0.39, 0.29) is 36.8 Å².